The summed E-state index contributed by atoms with van der Waals surface area (Å²) in [4.78, 5) is 18.7. The molecule has 0 saturated heterocycles. The van der Waals surface area contributed by atoms with Gasteiger partial charge in [0.25, 0.3) is 5.91 Å². The molecule has 18 heavy (non-hydrogen) atoms. The zero-order valence-corrected chi connectivity index (χ0v) is 10.9. The maximum Gasteiger partial charge on any atom is 0.252 e. The number of pyridine rings is 1. The van der Waals surface area contributed by atoms with Crippen molar-refractivity contribution < 1.29 is 4.79 Å². The minimum absolute atomic E-state index is 0.115. The minimum Gasteiger partial charge on any atom is -0.379 e. The van der Waals surface area contributed by atoms with Crippen LogP contribution in [0.3, 0.4) is 0 Å². The highest BCUT2D eigenvalue weighted by molar-refractivity contribution is 6.06. The molecule has 2 aromatic rings. The number of carbonyl (C=O) groups excluding carboxylic acids is 1. The normalized spacial score (nSPS) is 11.7. The lowest BCUT2D eigenvalue weighted by atomic mass is 10.00. The number of nitrogens with one attached hydrogen (secondary N) is 2. The Morgan fingerprint density at radius 1 is 1.56 bits per heavy atom. The first-order chi connectivity index (χ1) is 8.44. The van der Waals surface area contributed by atoms with E-state index in [1.54, 1.807) is 6.20 Å². The molecular weight excluding hydrogens is 228 g/mol. The monoisotopic (exact) mass is 246 g/mol. The van der Waals surface area contributed by atoms with Gasteiger partial charge >= 0.3 is 0 Å². The predicted molar refractivity (Wildman–Crippen MR) is 72.6 cm³/mol. The number of hydrogen-bond acceptors (Lipinski definition) is 3. The Bertz CT molecular complexity index is 586. The van der Waals surface area contributed by atoms with Crippen LogP contribution in [-0.2, 0) is 0 Å². The number of H-pyrrole nitrogens is 1. The van der Waals surface area contributed by atoms with Gasteiger partial charge in [0.1, 0.15) is 5.65 Å². The first-order valence-corrected chi connectivity index (χ1v) is 5.98. The smallest absolute Gasteiger partial charge is 0.252 e. The largest absolute Gasteiger partial charge is 0.379 e. The Hall–Kier alpha value is -2.04. The highest BCUT2D eigenvalue weighted by Crippen LogP contribution is 2.28. The summed E-state index contributed by atoms with van der Waals surface area (Å²) in [5, 5.41) is 4.27. The number of anilines is 1. The molecule has 5 heteroatoms. The van der Waals surface area contributed by atoms with Gasteiger partial charge in [0.05, 0.1) is 11.3 Å². The minimum atomic E-state index is -0.472. The molecule has 0 unspecified atom stereocenters. The molecule has 0 atom stereocenters. The van der Waals surface area contributed by atoms with Crippen molar-refractivity contribution in [1.82, 2.24) is 9.97 Å². The molecule has 0 aliphatic heterocycles. The summed E-state index contributed by atoms with van der Waals surface area (Å²) in [7, 11) is 0. The van der Waals surface area contributed by atoms with E-state index in [9.17, 15) is 4.79 Å². The maximum atomic E-state index is 11.5. The molecule has 2 heterocycles. The Labute approximate surface area is 106 Å². The average molecular weight is 246 g/mol. The summed E-state index contributed by atoms with van der Waals surface area (Å²) in [6.07, 6.45) is 4.24. The Balaban J connectivity index is 2.60. The summed E-state index contributed by atoms with van der Waals surface area (Å²) in [5.74, 6) is -0.472. The first-order valence-electron chi connectivity index (χ1n) is 5.98. The summed E-state index contributed by atoms with van der Waals surface area (Å²) in [6, 6.07) is 1.89. The van der Waals surface area contributed by atoms with Crippen molar-refractivity contribution in [3.05, 3.63) is 24.0 Å². The maximum absolute atomic E-state index is 11.5. The summed E-state index contributed by atoms with van der Waals surface area (Å²) < 4.78 is 0. The number of aromatic amines is 1. The Morgan fingerprint density at radius 3 is 2.89 bits per heavy atom. The third-order valence-corrected chi connectivity index (χ3v) is 3.20. The van der Waals surface area contributed by atoms with Crippen LogP contribution in [0.5, 0.6) is 0 Å². The van der Waals surface area contributed by atoms with Gasteiger partial charge in [0, 0.05) is 23.3 Å². The van der Waals surface area contributed by atoms with Crippen LogP contribution in [-0.4, -0.2) is 21.4 Å². The van der Waals surface area contributed by atoms with Gasteiger partial charge in [-0.2, -0.15) is 0 Å². The van der Waals surface area contributed by atoms with Crippen LogP contribution in [0.4, 0.5) is 5.69 Å². The van der Waals surface area contributed by atoms with E-state index in [-0.39, 0.29) is 5.54 Å². The second-order valence-corrected chi connectivity index (χ2v) is 5.01. The van der Waals surface area contributed by atoms with Gasteiger partial charge in [-0.25, -0.2) is 4.98 Å². The molecule has 0 aromatic carbocycles. The molecular formula is C13H18N4O. The number of nitrogens with zero attached hydrogens (tertiary/aromatic N) is 1. The SMILES string of the molecule is CCC(C)(C)Nc1c(C(N)=O)cnc2[nH]ccc12. The van der Waals surface area contributed by atoms with Crippen LogP contribution in [0.1, 0.15) is 37.6 Å². The van der Waals surface area contributed by atoms with E-state index in [4.69, 9.17) is 5.73 Å². The van der Waals surface area contributed by atoms with Crippen molar-refractivity contribution in [3.63, 3.8) is 0 Å². The van der Waals surface area contributed by atoms with E-state index in [1.807, 2.05) is 6.07 Å². The van der Waals surface area contributed by atoms with Gasteiger partial charge < -0.3 is 16.0 Å². The van der Waals surface area contributed by atoms with E-state index in [0.29, 0.717) is 5.56 Å². The van der Waals surface area contributed by atoms with Crippen LogP contribution < -0.4 is 11.1 Å². The number of rotatable bonds is 4. The molecule has 0 aliphatic carbocycles. The average Bonchev–Trinajstić information content (AvgIpc) is 2.77. The third-order valence-electron chi connectivity index (χ3n) is 3.20. The van der Waals surface area contributed by atoms with Gasteiger partial charge in [0.15, 0.2) is 0 Å². The lowest BCUT2D eigenvalue weighted by molar-refractivity contribution is 0.100. The van der Waals surface area contributed by atoms with Crippen LogP contribution in [0.2, 0.25) is 0 Å². The number of carbonyl (C=O) groups is 1. The standard InChI is InChI=1S/C13H18N4O/c1-4-13(2,3)17-10-8-5-6-15-12(8)16-7-9(10)11(14)18/h5-7H,4H2,1-3H3,(H2,14,18)(H2,15,16,17). The zero-order chi connectivity index (χ0) is 13.3. The number of aromatic nitrogens is 2. The van der Waals surface area contributed by atoms with E-state index in [0.717, 1.165) is 23.1 Å². The number of fused-ring (bicyclic) bond motifs is 1. The van der Waals surface area contributed by atoms with Gasteiger partial charge in [0.2, 0.25) is 0 Å². The van der Waals surface area contributed by atoms with Crippen LogP contribution in [0.15, 0.2) is 18.5 Å². The lowest BCUT2D eigenvalue weighted by Gasteiger charge is -2.27. The van der Waals surface area contributed by atoms with Gasteiger partial charge in [-0.3, -0.25) is 4.79 Å². The van der Waals surface area contributed by atoms with Crippen molar-refractivity contribution in [3.8, 4) is 0 Å². The lowest BCUT2D eigenvalue weighted by Crippen LogP contribution is -2.31. The van der Waals surface area contributed by atoms with Crippen LogP contribution >= 0.6 is 0 Å². The molecule has 0 fully saturated rings. The fourth-order valence-electron chi connectivity index (χ4n) is 1.76. The fourth-order valence-corrected chi connectivity index (χ4v) is 1.76. The van der Waals surface area contributed by atoms with E-state index < -0.39 is 5.91 Å². The van der Waals surface area contributed by atoms with Crippen molar-refractivity contribution in [2.75, 3.05) is 5.32 Å². The molecule has 0 spiro atoms. The van der Waals surface area contributed by atoms with Gasteiger partial charge in [-0.15, -0.1) is 0 Å². The molecule has 5 nitrogen and oxygen atoms in total. The zero-order valence-electron chi connectivity index (χ0n) is 10.9. The van der Waals surface area contributed by atoms with Gasteiger partial charge in [-0.1, -0.05) is 6.92 Å². The number of hydrogen-bond donors (Lipinski definition) is 3. The number of primary amides is 1. The first kappa shape index (κ1) is 12.4. The molecule has 0 radical (unpaired) electrons. The molecule has 96 valence electrons. The van der Waals surface area contributed by atoms with E-state index in [2.05, 4.69) is 36.1 Å². The molecule has 4 N–H and O–H groups in total. The molecule has 2 rings (SSSR count). The van der Waals surface area contributed by atoms with Crippen molar-refractivity contribution in [1.29, 1.82) is 0 Å². The molecule has 2 aromatic heterocycles. The quantitative estimate of drug-likeness (QED) is 0.773. The van der Waals surface area contributed by atoms with Crippen molar-refractivity contribution in [2.45, 2.75) is 32.7 Å². The fraction of sp³-hybridized carbons (Fsp3) is 0.385. The molecule has 0 saturated carbocycles. The highest BCUT2D eigenvalue weighted by Gasteiger charge is 2.20. The molecule has 0 aliphatic rings. The second kappa shape index (κ2) is 4.33. The third kappa shape index (κ3) is 2.16. The topological polar surface area (TPSA) is 83.8 Å². The van der Waals surface area contributed by atoms with Gasteiger partial charge in [-0.05, 0) is 26.3 Å². The van der Waals surface area contributed by atoms with E-state index in [1.165, 1.54) is 6.20 Å². The predicted octanol–water partition coefficient (Wildman–Crippen LogP) is 2.26. The summed E-state index contributed by atoms with van der Waals surface area (Å²) in [6.45, 7) is 6.25. The Kier molecular flexibility index (Phi) is 2.98. The van der Waals surface area contributed by atoms with E-state index >= 15 is 0 Å². The van der Waals surface area contributed by atoms with Crippen LogP contribution in [0.25, 0.3) is 11.0 Å². The summed E-state index contributed by atoms with van der Waals surface area (Å²) in [5.41, 5.74) is 7.21. The molecule has 0 bridgehead atoms. The number of amides is 1. The summed E-state index contributed by atoms with van der Waals surface area (Å²) >= 11 is 0. The highest BCUT2D eigenvalue weighted by atomic mass is 16.1. The second-order valence-electron chi connectivity index (χ2n) is 5.01. The Morgan fingerprint density at radius 2 is 2.28 bits per heavy atom. The molecule has 1 amide bonds. The number of nitrogens with two attached hydrogens (primary N) is 1. The van der Waals surface area contributed by atoms with Crippen molar-refractivity contribution in [2.24, 2.45) is 5.73 Å². The van der Waals surface area contributed by atoms with Crippen molar-refractivity contribution >= 4 is 22.6 Å². The van der Waals surface area contributed by atoms with Crippen LogP contribution in [0, 0.1) is 0 Å².